The fourth-order valence-electron chi connectivity index (χ4n) is 2.72. The van der Waals surface area contributed by atoms with E-state index in [1.165, 1.54) is 18.3 Å². The number of hydrogen-bond acceptors (Lipinski definition) is 5. The number of carbonyl (C=O) groups is 2. The van der Waals surface area contributed by atoms with E-state index in [4.69, 9.17) is 4.74 Å². The number of anilines is 1. The molecule has 1 aromatic heterocycles. The van der Waals surface area contributed by atoms with Crippen LogP contribution in [0.2, 0.25) is 0 Å². The van der Waals surface area contributed by atoms with Crippen LogP contribution in [0.1, 0.15) is 20.8 Å². The minimum atomic E-state index is -0.886. The molecule has 2 N–H and O–H groups in total. The first-order valence-electron chi connectivity index (χ1n) is 8.83. The smallest absolute Gasteiger partial charge is 0.269 e. The lowest BCUT2D eigenvalue weighted by atomic mass is 10.2. The molecule has 148 valence electrons. The van der Waals surface area contributed by atoms with Crippen LogP contribution in [0.5, 0.6) is 0 Å². The van der Waals surface area contributed by atoms with Crippen molar-refractivity contribution in [1.82, 2.24) is 15.2 Å². The molecule has 2 heterocycles. The average molecular weight is 390 g/mol. The van der Waals surface area contributed by atoms with Crippen LogP contribution in [0.4, 0.5) is 14.5 Å². The number of pyridine rings is 1. The van der Waals surface area contributed by atoms with E-state index in [2.05, 4.69) is 20.5 Å². The quantitative estimate of drug-likeness (QED) is 0.784. The molecular weight excluding hydrogens is 370 g/mol. The van der Waals surface area contributed by atoms with Gasteiger partial charge in [-0.05, 0) is 24.3 Å². The van der Waals surface area contributed by atoms with Gasteiger partial charge >= 0.3 is 0 Å². The number of rotatable bonds is 6. The molecule has 1 aliphatic heterocycles. The van der Waals surface area contributed by atoms with Crippen molar-refractivity contribution in [3.63, 3.8) is 0 Å². The second-order valence-electron chi connectivity index (χ2n) is 6.22. The van der Waals surface area contributed by atoms with Gasteiger partial charge in [-0.25, -0.2) is 8.78 Å². The molecule has 7 nitrogen and oxygen atoms in total. The Labute approximate surface area is 160 Å². The number of carbonyl (C=O) groups excluding carboxylic acids is 2. The topological polar surface area (TPSA) is 83.6 Å². The maximum Gasteiger partial charge on any atom is 0.269 e. The monoisotopic (exact) mass is 390 g/mol. The summed E-state index contributed by atoms with van der Waals surface area (Å²) < 4.78 is 31.9. The van der Waals surface area contributed by atoms with Gasteiger partial charge in [0.15, 0.2) is 0 Å². The third-order valence-electron chi connectivity index (χ3n) is 4.25. The van der Waals surface area contributed by atoms with E-state index in [0.717, 1.165) is 25.2 Å². The molecular formula is C19H20F2N4O3. The van der Waals surface area contributed by atoms with Crippen LogP contribution < -0.4 is 10.6 Å². The van der Waals surface area contributed by atoms with Crippen molar-refractivity contribution in [2.24, 2.45) is 0 Å². The molecule has 0 saturated carbocycles. The Morgan fingerprint density at radius 1 is 1.11 bits per heavy atom. The molecule has 0 radical (unpaired) electrons. The van der Waals surface area contributed by atoms with E-state index in [0.29, 0.717) is 32.4 Å². The lowest BCUT2D eigenvalue weighted by molar-refractivity contribution is 0.0383. The van der Waals surface area contributed by atoms with E-state index < -0.39 is 23.4 Å². The first-order chi connectivity index (χ1) is 13.5. The van der Waals surface area contributed by atoms with Crippen LogP contribution in [0, 0.1) is 11.6 Å². The number of ether oxygens (including phenoxy) is 1. The number of benzene rings is 1. The lowest BCUT2D eigenvalue weighted by Gasteiger charge is -2.26. The van der Waals surface area contributed by atoms with Crippen LogP contribution in [-0.4, -0.2) is 61.1 Å². The van der Waals surface area contributed by atoms with Gasteiger partial charge in [0.1, 0.15) is 17.3 Å². The fraction of sp³-hybridized carbons (Fsp3) is 0.316. The number of nitrogens with zero attached hydrogens (tertiary/aromatic N) is 2. The van der Waals surface area contributed by atoms with Gasteiger partial charge in [-0.3, -0.25) is 19.5 Å². The zero-order chi connectivity index (χ0) is 19.9. The van der Waals surface area contributed by atoms with E-state index in [1.54, 1.807) is 0 Å². The maximum atomic E-state index is 13.7. The predicted molar refractivity (Wildman–Crippen MR) is 98.1 cm³/mol. The van der Waals surface area contributed by atoms with Gasteiger partial charge in [0.2, 0.25) is 0 Å². The predicted octanol–water partition coefficient (Wildman–Crippen LogP) is 1.67. The van der Waals surface area contributed by atoms with Crippen molar-refractivity contribution in [3.8, 4) is 0 Å². The fourth-order valence-corrected chi connectivity index (χ4v) is 2.72. The van der Waals surface area contributed by atoms with Crippen molar-refractivity contribution in [2.45, 2.75) is 0 Å². The van der Waals surface area contributed by atoms with Crippen LogP contribution in [0.15, 0.2) is 36.5 Å². The number of nitrogens with one attached hydrogen (secondary N) is 2. The Hall–Kier alpha value is -2.91. The normalized spacial score (nSPS) is 14.5. The minimum absolute atomic E-state index is 0.0780. The molecule has 0 aliphatic carbocycles. The van der Waals surface area contributed by atoms with Gasteiger partial charge in [0.05, 0.1) is 18.9 Å². The highest BCUT2D eigenvalue weighted by Gasteiger charge is 2.15. The van der Waals surface area contributed by atoms with Gasteiger partial charge in [0, 0.05) is 44.0 Å². The van der Waals surface area contributed by atoms with Crippen molar-refractivity contribution >= 4 is 17.5 Å². The number of halogens is 2. The van der Waals surface area contributed by atoms with Gasteiger partial charge in [-0.15, -0.1) is 0 Å². The summed E-state index contributed by atoms with van der Waals surface area (Å²) in [7, 11) is 0. The zero-order valence-corrected chi connectivity index (χ0v) is 15.1. The first-order valence-corrected chi connectivity index (χ1v) is 8.83. The standard InChI is InChI=1S/C19H20F2N4O3/c20-14-1-2-16(15(21)12-14)24-18(26)13-3-4-22-17(11-13)19(27)23-5-6-25-7-9-28-10-8-25/h1-4,11-12H,5-10H2,(H,23,27)(H,24,26). The molecule has 1 fully saturated rings. The third-order valence-corrected chi connectivity index (χ3v) is 4.25. The van der Waals surface area contributed by atoms with Gasteiger partial charge in [-0.1, -0.05) is 0 Å². The van der Waals surface area contributed by atoms with Crippen molar-refractivity contribution in [1.29, 1.82) is 0 Å². The number of hydrogen-bond donors (Lipinski definition) is 2. The van der Waals surface area contributed by atoms with Crippen LogP contribution in [0.3, 0.4) is 0 Å². The van der Waals surface area contributed by atoms with Gasteiger partial charge in [0.25, 0.3) is 11.8 Å². The molecule has 1 aromatic carbocycles. The first kappa shape index (κ1) is 19.8. The number of aromatic nitrogens is 1. The van der Waals surface area contributed by atoms with Crippen molar-refractivity contribution < 1.29 is 23.1 Å². The van der Waals surface area contributed by atoms with Gasteiger partial charge < -0.3 is 15.4 Å². The number of amides is 2. The summed E-state index contributed by atoms with van der Waals surface area (Å²) in [6.45, 7) is 4.15. The van der Waals surface area contributed by atoms with Crippen LogP contribution in [0.25, 0.3) is 0 Å². The molecule has 2 aromatic rings. The highest BCUT2D eigenvalue weighted by Crippen LogP contribution is 2.16. The largest absolute Gasteiger partial charge is 0.379 e. The summed E-state index contributed by atoms with van der Waals surface area (Å²) in [6, 6.07) is 5.57. The van der Waals surface area contributed by atoms with Gasteiger partial charge in [-0.2, -0.15) is 0 Å². The van der Waals surface area contributed by atoms with Crippen LogP contribution in [-0.2, 0) is 4.74 Å². The summed E-state index contributed by atoms with van der Waals surface area (Å²) in [4.78, 5) is 30.7. The third kappa shape index (κ3) is 5.30. The van der Waals surface area contributed by atoms with Crippen LogP contribution >= 0.6 is 0 Å². The Balaban J connectivity index is 1.57. The number of morpholine rings is 1. The Kier molecular flexibility index (Phi) is 6.62. The highest BCUT2D eigenvalue weighted by molar-refractivity contribution is 6.05. The minimum Gasteiger partial charge on any atom is -0.379 e. The summed E-state index contributed by atoms with van der Waals surface area (Å²) >= 11 is 0. The van der Waals surface area contributed by atoms with E-state index >= 15 is 0 Å². The lowest BCUT2D eigenvalue weighted by Crippen LogP contribution is -2.41. The SMILES string of the molecule is O=C(Nc1ccc(F)cc1F)c1ccnc(C(=O)NCCN2CCOCC2)c1. The average Bonchev–Trinajstić information content (AvgIpc) is 2.71. The summed E-state index contributed by atoms with van der Waals surface area (Å²) in [6.07, 6.45) is 1.33. The Bertz CT molecular complexity index is 857. The Morgan fingerprint density at radius 3 is 2.64 bits per heavy atom. The molecule has 0 unspecified atom stereocenters. The molecule has 0 spiro atoms. The summed E-state index contributed by atoms with van der Waals surface area (Å²) in [5, 5.41) is 5.11. The molecule has 9 heteroatoms. The van der Waals surface area contributed by atoms with Crippen molar-refractivity contribution in [2.75, 3.05) is 44.7 Å². The van der Waals surface area contributed by atoms with E-state index in [1.807, 2.05) is 0 Å². The summed E-state index contributed by atoms with van der Waals surface area (Å²) in [5.41, 5.74) is 0.0611. The summed E-state index contributed by atoms with van der Waals surface area (Å²) in [5.74, 6) is -2.66. The van der Waals surface area contributed by atoms with Crippen molar-refractivity contribution in [3.05, 3.63) is 59.4 Å². The highest BCUT2D eigenvalue weighted by atomic mass is 19.1. The second kappa shape index (κ2) is 9.34. The maximum absolute atomic E-state index is 13.7. The molecule has 2 amide bonds. The molecule has 0 atom stereocenters. The second-order valence-corrected chi connectivity index (χ2v) is 6.22. The Morgan fingerprint density at radius 2 is 1.89 bits per heavy atom. The zero-order valence-electron chi connectivity index (χ0n) is 15.1. The molecule has 28 heavy (non-hydrogen) atoms. The molecule has 0 bridgehead atoms. The van der Waals surface area contributed by atoms with E-state index in [9.17, 15) is 18.4 Å². The molecule has 3 rings (SSSR count). The molecule has 1 saturated heterocycles. The van der Waals surface area contributed by atoms with E-state index in [-0.39, 0.29) is 16.9 Å². The molecule has 1 aliphatic rings.